The summed E-state index contributed by atoms with van der Waals surface area (Å²) in [5.74, 6) is -2.48. The van der Waals surface area contributed by atoms with Crippen molar-refractivity contribution in [2.75, 3.05) is 11.5 Å². The van der Waals surface area contributed by atoms with E-state index in [0.29, 0.717) is 22.8 Å². The molecule has 202 valence electrons. The summed E-state index contributed by atoms with van der Waals surface area (Å²) in [6, 6.07) is 19.6. The van der Waals surface area contributed by atoms with Crippen molar-refractivity contribution in [2.45, 2.75) is 19.9 Å². The molecule has 4 aromatic rings. The standard InChI is InChI=1S/C30H23FN2O6S/c1-3-38-29(37)27-17(2)32-30(40-27)33-24(19-8-7-11-22(16-19)39-21-9-5-4-6-10-21)23(26(35)28(33)36)25(34)18-12-14-20(31)15-13-18/h4-16,24,34H,3H2,1-2H3/b25-23+/t24-/m0/s1. The normalized spacial score (nSPS) is 16.3. The Morgan fingerprint density at radius 1 is 1.02 bits per heavy atom. The number of aromatic nitrogens is 1. The van der Waals surface area contributed by atoms with Crippen molar-refractivity contribution in [2.24, 2.45) is 0 Å². The van der Waals surface area contributed by atoms with Crippen molar-refractivity contribution >= 4 is 39.9 Å². The fourth-order valence-corrected chi connectivity index (χ4v) is 5.34. The monoisotopic (exact) mass is 558 g/mol. The van der Waals surface area contributed by atoms with E-state index in [9.17, 15) is 23.9 Å². The molecule has 1 atom stereocenters. The van der Waals surface area contributed by atoms with Gasteiger partial charge in [0.1, 0.15) is 28.0 Å². The molecule has 1 amide bonds. The lowest BCUT2D eigenvalue weighted by Crippen LogP contribution is -2.29. The quantitative estimate of drug-likeness (QED) is 0.125. The fraction of sp³-hybridized carbons (Fsp3) is 0.133. The molecule has 0 aliphatic carbocycles. The third kappa shape index (κ3) is 5.08. The second-order valence-corrected chi connectivity index (χ2v) is 9.77. The molecule has 0 saturated carbocycles. The molecule has 0 unspecified atom stereocenters. The van der Waals surface area contributed by atoms with Gasteiger partial charge in [-0.1, -0.05) is 41.7 Å². The zero-order valence-electron chi connectivity index (χ0n) is 21.5. The van der Waals surface area contributed by atoms with Gasteiger partial charge < -0.3 is 14.6 Å². The van der Waals surface area contributed by atoms with Crippen LogP contribution < -0.4 is 9.64 Å². The number of esters is 1. The molecule has 2 heterocycles. The van der Waals surface area contributed by atoms with Crippen LogP contribution in [0.4, 0.5) is 9.52 Å². The van der Waals surface area contributed by atoms with E-state index >= 15 is 0 Å². The zero-order chi connectivity index (χ0) is 28.4. The summed E-state index contributed by atoms with van der Waals surface area (Å²) in [5.41, 5.74) is 0.725. The first kappa shape index (κ1) is 26.8. The van der Waals surface area contributed by atoms with E-state index in [-0.39, 0.29) is 27.8 Å². The van der Waals surface area contributed by atoms with E-state index in [1.165, 1.54) is 12.1 Å². The van der Waals surface area contributed by atoms with E-state index < -0.39 is 35.3 Å². The predicted octanol–water partition coefficient (Wildman–Crippen LogP) is 6.19. The Labute approximate surface area is 232 Å². The van der Waals surface area contributed by atoms with Crippen LogP contribution in [0.1, 0.15) is 39.5 Å². The van der Waals surface area contributed by atoms with Crippen LogP contribution >= 0.6 is 11.3 Å². The van der Waals surface area contributed by atoms with Crippen molar-refractivity contribution in [1.29, 1.82) is 0 Å². The number of rotatable bonds is 7. The number of anilines is 1. The number of aryl methyl sites for hydroxylation is 1. The molecule has 1 aromatic heterocycles. The fourth-order valence-electron chi connectivity index (χ4n) is 4.35. The summed E-state index contributed by atoms with van der Waals surface area (Å²) < 4.78 is 24.7. The van der Waals surface area contributed by atoms with Gasteiger partial charge in [-0.3, -0.25) is 14.5 Å². The second kappa shape index (κ2) is 11.1. The molecule has 8 nitrogen and oxygen atoms in total. The van der Waals surface area contributed by atoms with E-state index in [1.807, 2.05) is 18.2 Å². The number of nitrogens with zero attached hydrogens (tertiary/aromatic N) is 2. The van der Waals surface area contributed by atoms with Crippen molar-refractivity contribution in [1.82, 2.24) is 4.98 Å². The van der Waals surface area contributed by atoms with Gasteiger partial charge in [-0.05, 0) is 67.9 Å². The molecule has 1 saturated heterocycles. The smallest absolute Gasteiger partial charge is 0.350 e. The molecule has 1 aliphatic rings. The van der Waals surface area contributed by atoms with Gasteiger partial charge in [-0.25, -0.2) is 14.2 Å². The summed E-state index contributed by atoms with van der Waals surface area (Å²) >= 11 is 0.910. The number of Topliss-reactive ketones (excluding diaryl/α,β-unsaturated/α-hetero) is 1. The minimum Gasteiger partial charge on any atom is -0.507 e. The molecule has 1 aliphatic heterocycles. The maximum atomic E-state index is 13.6. The molecule has 1 fully saturated rings. The number of benzene rings is 3. The van der Waals surface area contributed by atoms with E-state index in [4.69, 9.17) is 9.47 Å². The summed E-state index contributed by atoms with van der Waals surface area (Å²) in [4.78, 5) is 45.1. The van der Waals surface area contributed by atoms with Gasteiger partial charge in [-0.2, -0.15) is 0 Å². The molecule has 0 radical (unpaired) electrons. The largest absolute Gasteiger partial charge is 0.507 e. The molecule has 0 bridgehead atoms. The number of aliphatic hydroxyl groups excluding tert-OH is 1. The first-order valence-electron chi connectivity index (χ1n) is 12.3. The predicted molar refractivity (Wildman–Crippen MR) is 147 cm³/mol. The topological polar surface area (TPSA) is 106 Å². The van der Waals surface area contributed by atoms with Crippen LogP contribution in [-0.4, -0.2) is 34.4 Å². The van der Waals surface area contributed by atoms with E-state index in [0.717, 1.165) is 28.4 Å². The molecule has 10 heteroatoms. The molecular weight excluding hydrogens is 535 g/mol. The van der Waals surface area contributed by atoms with Gasteiger partial charge in [0.05, 0.1) is 23.9 Å². The summed E-state index contributed by atoms with van der Waals surface area (Å²) in [5, 5.41) is 11.3. The number of hydrogen-bond donors (Lipinski definition) is 1. The van der Waals surface area contributed by atoms with Gasteiger partial charge in [0, 0.05) is 5.56 Å². The highest BCUT2D eigenvalue weighted by Gasteiger charge is 2.48. The van der Waals surface area contributed by atoms with Gasteiger partial charge >= 0.3 is 11.9 Å². The first-order valence-corrected chi connectivity index (χ1v) is 13.1. The van der Waals surface area contributed by atoms with Gasteiger partial charge in [0.2, 0.25) is 0 Å². The average Bonchev–Trinajstić information content (AvgIpc) is 3.46. The van der Waals surface area contributed by atoms with Crippen LogP contribution in [0.25, 0.3) is 5.76 Å². The second-order valence-electron chi connectivity index (χ2n) is 8.80. The Balaban J connectivity index is 1.66. The SMILES string of the molecule is CCOC(=O)c1sc(N2C(=O)C(=O)/C(=C(/O)c3ccc(F)cc3)[C@@H]2c2cccc(Oc3ccccc3)c2)nc1C. The molecule has 40 heavy (non-hydrogen) atoms. The van der Waals surface area contributed by atoms with Crippen LogP contribution in [0.2, 0.25) is 0 Å². The van der Waals surface area contributed by atoms with Crippen LogP contribution in [0.3, 0.4) is 0 Å². The summed E-state index contributed by atoms with van der Waals surface area (Å²) in [7, 11) is 0. The minimum atomic E-state index is -1.12. The number of carbonyl (C=O) groups excluding carboxylic acids is 3. The van der Waals surface area contributed by atoms with Crippen molar-refractivity contribution in [3.63, 3.8) is 0 Å². The number of amides is 1. The number of ether oxygens (including phenoxy) is 2. The van der Waals surface area contributed by atoms with Gasteiger partial charge in [0.15, 0.2) is 5.13 Å². The average molecular weight is 559 g/mol. The summed E-state index contributed by atoms with van der Waals surface area (Å²) in [6.45, 7) is 3.43. The lowest BCUT2D eigenvalue weighted by atomic mass is 9.95. The number of hydrogen-bond acceptors (Lipinski definition) is 8. The number of para-hydroxylation sites is 1. The third-order valence-electron chi connectivity index (χ3n) is 6.17. The Morgan fingerprint density at radius 3 is 2.42 bits per heavy atom. The zero-order valence-corrected chi connectivity index (χ0v) is 22.3. The van der Waals surface area contributed by atoms with Crippen LogP contribution in [0, 0.1) is 12.7 Å². The first-order chi connectivity index (χ1) is 19.3. The van der Waals surface area contributed by atoms with Crippen LogP contribution in [-0.2, 0) is 14.3 Å². The number of thiazole rings is 1. The molecule has 5 rings (SSSR count). The van der Waals surface area contributed by atoms with E-state index in [1.54, 1.807) is 50.2 Å². The Morgan fingerprint density at radius 2 is 1.73 bits per heavy atom. The van der Waals surface area contributed by atoms with Gasteiger partial charge in [-0.15, -0.1) is 0 Å². The Kier molecular flexibility index (Phi) is 7.43. The van der Waals surface area contributed by atoms with Crippen LogP contribution in [0.15, 0.2) is 84.4 Å². The van der Waals surface area contributed by atoms with Crippen molar-refractivity contribution in [3.05, 3.63) is 112 Å². The Bertz CT molecular complexity index is 1630. The maximum Gasteiger partial charge on any atom is 0.350 e. The molecular formula is C30H23FN2O6S. The molecule has 0 spiro atoms. The number of aliphatic hydroxyl groups is 1. The van der Waals surface area contributed by atoms with Crippen molar-refractivity contribution < 1.29 is 33.4 Å². The highest BCUT2D eigenvalue weighted by atomic mass is 32.1. The highest BCUT2D eigenvalue weighted by Crippen LogP contribution is 2.44. The maximum absolute atomic E-state index is 13.6. The number of carbonyl (C=O) groups is 3. The van der Waals surface area contributed by atoms with Crippen molar-refractivity contribution in [3.8, 4) is 11.5 Å². The summed E-state index contributed by atoms with van der Waals surface area (Å²) in [6.07, 6.45) is 0. The highest BCUT2D eigenvalue weighted by molar-refractivity contribution is 7.17. The molecule has 1 N–H and O–H groups in total. The lowest BCUT2D eigenvalue weighted by molar-refractivity contribution is -0.132. The van der Waals surface area contributed by atoms with E-state index in [2.05, 4.69) is 4.98 Å². The number of halogens is 1. The lowest BCUT2D eigenvalue weighted by Gasteiger charge is -2.23. The number of ketones is 1. The molecule has 3 aromatic carbocycles. The third-order valence-corrected chi connectivity index (χ3v) is 7.30. The minimum absolute atomic E-state index is 0.0835. The Hall–Kier alpha value is -4.83. The van der Waals surface area contributed by atoms with Gasteiger partial charge in [0.25, 0.3) is 5.78 Å². The van der Waals surface area contributed by atoms with Crippen LogP contribution in [0.5, 0.6) is 11.5 Å².